The van der Waals surface area contributed by atoms with Gasteiger partial charge in [-0.3, -0.25) is 14.8 Å². The van der Waals surface area contributed by atoms with Crippen molar-refractivity contribution in [1.29, 1.82) is 0 Å². The van der Waals surface area contributed by atoms with Gasteiger partial charge >= 0.3 is 0 Å². The van der Waals surface area contributed by atoms with Crippen molar-refractivity contribution in [2.24, 2.45) is 0 Å². The number of amides is 1. The predicted octanol–water partition coefficient (Wildman–Crippen LogP) is 5.99. The quantitative estimate of drug-likeness (QED) is 0.310. The number of imidazole rings is 1. The molecule has 1 fully saturated rings. The summed E-state index contributed by atoms with van der Waals surface area (Å²) in [5.41, 5.74) is 6.65. The van der Waals surface area contributed by atoms with Crippen LogP contribution in [0, 0.1) is 6.92 Å². The number of hydrogen-bond donors (Lipinski definition) is 1. The number of carbonyl (C=O) groups is 1. The van der Waals surface area contributed by atoms with Crippen LogP contribution in [0.15, 0.2) is 60.9 Å². The van der Waals surface area contributed by atoms with Crippen molar-refractivity contribution in [2.75, 3.05) is 6.54 Å². The highest BCUT2D eigenvalue weighted by Crippen LogP contribution is 2.37. The van der Waals surface area contributed by atoms with E-state index in [9.17, 15) is 4.79 Å². The molecule has 5 heterocycles. The minimum atomic E-state index is 0.182. The molecule has 1 aliphatic rings. The maximum Gasteiger partial charge on any atom is 0.242 e. The van der Waals surface area contributed by atoms with E-state index in [1.165, 1.54) is 6.42 Å². The smallest absolute Gasteiger partial charge is 0.242 e. The number of nitrogens with one attached hydrogen (secondary N) is 1. The number of likely N-dealkylation sites (tertiary alicyclic amines) is 1. The van der Waals surface area contributed by atoms with E-state index in [1.54, 1.807) is 12.4 Å². The second kappa shape index (κ2) is 8.40. The number of pyridine rings is 2. The van der Waals surface area contributed by atoms with E-state index >= 15 is 0 Å². The van der Waals surface area contributed by atoms with Crippen LogP contribution in [0.2, 0.25) is 0 Å². The number of hydrogen-bond acceptors (Lipinski definition) is 4. The minimum Gasteiger partial charge on any atom is -0.338 e. The molecule has 7 nitrogen and oxygen atoms in total. The molecule has 0 aliphatic carbocycles. The Morgan fingerprint density at radius 1 is 0.946 bits per heavy atom. The van der Waals surface area contributed by atoms with E-state index in [1.807, 2.05) is 24.3 Å². The second-order valence-corrected chi connectivity index (χ2v) is 10.1. The Morgan fingerprint density at radius 3 is 2.49 bits per heavy atom. The van der Waals surface area contributed by atoms with E-state index < -0.39 is 0 Å². The van der Waals surface area contributed by atoms with Gasteiger partial charge in [0.1, 0.15) is 12.4 Å². The molecular weight excluding hydrogens is 460 g/mol. The van der Waals surface area contributed by atoms with Crippen LogP contribution in [0.3, 0.4) is 0 Å². The number of carbonyl (C=O) groups excluding carboxylic acids is 1. The molecule has 2 aromatic carbocycles. The number of fused-ring (bicyclic) bond motifs is 7. The SMILES string of the molecule is Cc1c(-c2nc3c4cccnc4c4ncccc4c3[nH]2)c2ccccc2n1CC(=O)N1CCCCC1C. The molecule has 1 amide bonds. The molecule has 37 heavy (non-hydrogen) atoms. The number of rotatable bonds is 3. The average Bonchev–Trinajstić information content (AvgIpc) is 3.48. The number of piperidine rings is 1. The van der Waals surface area contributed by atoms with Crippen molar-refractivity contribution in [2.45, 2.75) is 45.7 Å². The fraction of sp³-hybridized carbons (Fsp3) is 0.267. The first kappa shape index (κ1) is 22.0. The Balaban J connectivity index is 1.43. The van der Waals surface area contributed by atoms with Gasteiger partial charge in [0, 0.05) is 57.9 Å². The Hall–Kier alpha value is -4.26. The van der Waals surface area contributed by atoms with Crippen LogP contribution in [0.5, 0.6) is 0 Å². The van der Waals surface area contributed by atoms with Crippen LogP contribution < -0.4 is 0 Å². The third-order valence-corrected chi connectivity index (χ3v) is 7.95. The van der Waals surface area contributed by atoms with Crippen molar-refractivity contribution in [3.63, 3.8) is 0 Å². The molecule has 0 saturated carbocycles. The van der Waals surface area contributed by atoms with Gasteiger partial charge in [0.25, 0.3) is 0 Å². The van der Waals surface area contributed by atoms with Crippen molar-refractivity contribution >= 4 is 49.6 Å². The monoisotopic (exact) mass is 488 g/mol. The lowest BCUT2D eigenvalue weighted by molar-refractivity contribution is -0.135. The zero-order chi connectivity index (χ0) is 25.1. The van der Waals surface area contributed by atoms with E-state index in [2.05, 4.69) is 62.5 Å². The first-order valence-corrected chi connectivity index (χ1v) is 13.0. The highest BCUT2D eigenvalue weighted by Gasteiger charge is 2.26. The lowest BCUT2D eigenvalue weighted by atomic mass is 10.0. The summed E-state index contributed by atoms with van der Waals surface area (Å²) in [6.07, 6.45) is 6.96. The third-order valence-electron chi connectivity index (χ3n) is 7.95. The summed E-state index contributed by atoms with van der Waals surface area (Å²) in [7, 11) is 0. The summed E-state index contributed by atoms with van der Waals surface area (Å²) in [6, 6.07) is 16.6. The van der Waals surface area contributed by atoms with Crippen molar-refractivity contribution in [3.05, 3.63) is 66.6 Å². The minimum absolute atomic E-state index is 0.182. The number of H-pyrrole nitrogens is 1. The summed E-state index contributed by atoms with van der Waals surface area (Å²) in [6.45, 7) is 5.43. The largest absolute Gasteiger partial charge is 0.338 e. The van der Waals surface area contributed by atoms with E-state index in [0.29, 0.717) is 12.6 Å². The summed E-state index contributed by atoms with van der Waals surface area (Å²) >= 11 is 0. The summed E-state index contributed by atoms with van der Waals surface area (Å²) in [5, 5.41) is 3.06. The number of para-hydroxylation sites is 1. The molecule has 4 aromatic heterocycles. The van der Waals surface area contributed by atoms with Gasteiger partial charge in [0.05, 0.1) is 22.1 Å². The van der Waals surface area contributed by atoms with Gasteiger partial charge in [-0.2, -0.15) is 0 Å². The van der Waals surface area contributed by atoms with Gasteiger partial charge in [-0.25, -0.2) is 4.98 Å². The van der Waals surface area contributed by atoms with E-state index in [4.69, 9.17) is 4.98 Å². The van der Waals surface area contributed by atoms with Crippen molar-refractivity contribution in [3.8, 4) is 11.4 Å². The summed E-state index contributed by atoms with van der Waals surface area (Å²) in [5.74, 6) is 0.976. The van der Waals surface area contributed by atoms with Gasteiger partial charge in [-0.1, -0.05) is 18.2 Å². The molecule has 1 saturated heterocycles. The van der Waals surface area contributed by atoms with E-state index in [0.717, 1.165) is 80.2 Å². The van der Waals surface area contributed by atoms with Crippen molar-refractivity contribution < 1.29 is 4.79 Å². The van der Waals surface area contributed by atoms with Gasteiger partial charge in [-0.15, -0.1) is 0 Å². The molecule has 7 heteroatoms. The number of aromatic amines is 1. The van der Waals surface area contributed by atoms with Crippen LogP contribution in [-0.4, -0.2) is 47.9 Å². The Morgan fingerprint density at radius 2 is 1.68 bits per heavy atom. The normalized spacial score (nSPS) is 16.4. The average molecular weight is 489 g/mol. The zero-order valence-electron chi connectivity index (χ0n) is 21.0. The number of aromatic nitrogens is 5. The summed E-state index contributed by atoms with van der Waals surface area (Å²) < 4.78 is 2.15. The molecule has 1 N–H and O–H groups in total. The van der Waals surface area contributed by atoms with Gasteiger partial charge in [0.2, 0.25) is 5.91 Å². The highest BCUT2D eigenvalue weighted by atomic mass is 16.2. The first-order chi connectivity index (χ1) is 18.1. The predicted molar refractivity (Wildman–Crippen MR) is 147 cm³/mol. The molecule has 1 unspecified atom stereocenters. The van der Waals surface area contributed by atoms with Crippen LogP contribution in [0.4, 0.5) is 0 Å². The van der Waals surface area contributed by atoms with Crippen LogP contribution in [-0.2, 0) is 11.3 Å². The maximum atomic E-state index is 13.4. The van der Waals surface area contributed by atoms with Crippen LogP contribution in [0.25, 0.3) is 55.1 Å². The Kier molecular flexibility index (Phi) is 4.99. The molecule has 0 radical (unpaired) electrons. The second-order valence-electron chi connectivity index (χ2n) is 10.1. The fourth-order valence-corrected chi connectivity index (χ4v) is 6.09. The molecule has 0 bridgehead atoms. The molecule has 0 spiro atoms. The topological polar surface area (TPSA) is 79.7 Å². The molecule has 7 rings (SSSR count). The molecule has 6 aromatic rings. The summed E-state index contributed by atoms with van der Waals surface area (Å²) in [4.78, 5) is 33.5. The van der Waals surface area contributed by atoms with E-state index in [-0.39, 0.29) is 5.91 Å². The lowest BCUT2D eigenvalue weighted by Gasteiger charge is -2.33. The molecule has 184 valence electrons. The Labute approximate surface area is 214 Å². The Bertz CT molecular complexity index is 1760. The van der Waals surface area contributed by atoms with Gasteiger partial charge in [-0.05, 0) is 63.4 Å². The third kappa shape index (κ3) is 3.34. The lowest BCUT2D eigenvalue weighted by Crippen LogP contribution is -2.43. The first-order valence-electron chi connectivity index (χ1n) is 13.0. The van der Waals surface area contributed by atoms with Crippen LogP contribution >= 0.6 is 0 Å². The van der Waals surface area contributed by atoms with Gasteiger partial charge < -0.3 is 14.5 Å². The molecular formula is C30H28N6O. The fourth-order valence-electron chi connectivity index (χ4n) is 6.09. The standard InChI is InChI=1S/C30H28N6O/c1-18-9-5-6-16-35(18)24(37)17-36-19(2)25(20-10-3-4-13-23(20)36)30-33-28-21-11-7-14-31-26(21)27-22(29(28)34-30)12-8-15-32-27/h3-4,7-8,10-15,18H,5-6,9,16-17H2,1-2H3,(H,33,34). The van der Waals surface area contributed by atoms with Gasteiger partial charge in [0.15, 0.2) is 0 Å². The number of benzene rings is 2. The zero-order valence-corrected chi connectivity index (χ0v) is 21.0. The van der Waals surface area contributed by atoms with Crippen molar-refractivity contribution in [1.82, 2.24) is 29.4 Å². The molecule has 1 aliphatic heterocycles. The van der Waals surface area contributed by atoms with Crippen LogP contribution in [0.1, 0.15) is 31.9 Å². The maximum absolute atomic E-state index is 13.4. The number of nitrogens with zero attached hydrogens (tertiary/aromatic N) is 5. The molecule has 1 atom stereocenters. The highest BCUT2D eigenvalue weighted by molar-refractivity contribution is 6.21.